The number of nitrogens with zero attached hydrogens (tertiary/aromatic N) is 1. The van der Waals surface area contributed by atoms with Gasteiger partial charge in [0.25, 0.3) is 5.91 Å². The minimum atomic E-state index is -0.159. The molecule has 0 bridgehead atoms. The third kappa shape index (κ3) is 4.55. The lowest BCUT2D eigenvalue weighted by Gasteiger charge is -2.11. The molecule has 0 atom stereocenters. The molecule has 5 heteroatoms. The highest BCUT2D eigenvalue weighted by atomic mass is 35.5. The fourth-order valence-corrected chi connectivity index (χ4v) is 1.72. The van der Waals surface area contributed by atoms with Gasteiger partial charge in [0.2, 0.25) is 0 Å². The Morgan fingerprint density at radius 1 is 1.44 bits per heavy atom. The van der Waals surface area contributed by atoms with E-state index in [1.165, 1.54) is 7.11 Å². The van der Waals surface area contributed by atoms with Crippen LogP contribution >= 0.6 is 11.6 Å². The topological polar surface area (TPSA) is 41.6 Å². The molecule has 0 spiro atoms. The lowest BCUT2D eigenvalue weighted by atomic mass is 10.2. The number of amides is 1. The Morgan fingerprint density at radius 3 is 2.78 bits per heavy atom. The average Bonchev–Trinajstić information content (AvgIpc) is 2.34. The van der Waals surface area contributed by atoms with Crippen molar-refractivity contribution < 1.29 is 9.53 Å². The highest BCUT2D eigenvalue weighted by Crippen LogP contribution is 2.22. The molecule has 0 unspecified atom stereocenters. The first-order chi connectivity index (χ1) is 8.54. The molecule has 1 rings (SSSR count). The van der Waals surface area contributed by atoms with Gasteiger partial charge in [0.05, 0.1) is 12.7 Å². The molecule has 0 aliphatic heterocycles. The van der Waals surface area contributed by atoms with Crippen LogP contribution in [0.4, 0.5) is 0 Å². The van der Waals surface area contributed by atoms with Crippen molar-refractivity contribution in [1.29, 1.82) is 0 Å². The minimum absolute atomic E-state index is 0.159. The molecule has 0 aromatic heterocycles. The van der Waals surface area contributed by atoms with Gasteiger partial charge in [0.15, 0.2) is 0 Å². The van der Waals surface area contributed by atoms with Gasteiger partial charge in [-0.15, -0.1) is 0 Å². The third-order valence-electron chi connectivity index (χ3n) is 2.47. The molecule has 4 nitrogen and oxygen atoms in total. The fraction of sp³-hybridized carbons (Fsp3) is 0.462. The largest absolute Gasteiger partial charge is 0.496 e. The number of hydrogen-bond donors (Lipinski definition) is 1. The fourth-order valence-electron chi connectivity index (χ4n) is 1.55. The van der Waals surface area contributed by atoms with Crippen LogP contribution in [0, 0.1) is 0 Å². The van der Waals surface area contributed by atoms with Crippen molar-refractivity contribution in [2.45, 2.75) is 6.42 Å². The van der Waals surface area contributed by atoms with E-state index < -0.39 is 0 Å². The molecule has 0 heterocycles. The Morgan fingerprint density at radius 2 is 2.17 bits per heavy atom. The molecule has 0 aliphatic carbocycles. The molecule has 18 heavy (non-hydrogen) atoms. The van der Waals surface area contributed by atoms with Crippen molar-refractivity contribution in [3.05, 3.63) is 28.8 Å². The van der Waals surface area contributed by atoms with Gasteiger partial charge in [0.1, 0.15) is 5.75 Å². The van der Waals surface area contributed by atoms with Crippen molar-refractivity contribution in [3.8, 4) is 5.75 Å². The third-order valence-corrected chi connectivity index (χ3v) is 2.71. The van der Waals surface area contributed by atoms with Gasteiger partial charge in [-0.3, -0.25) is 4.79 Å². The molecule has 0 saturated carbocycles. The van der Waals surface area contributed by atoms with Gasteiger partial charge in [0, 0.05) is 11.6 Å². The van der Waals surface area contributed by atoms with E-state index in [0.29, 0.717) is 22.9 Å². The van der Waals surface area contributed by atoms with Crippen molar-refractivity contribution in [3.63, 3.8) is 0 Å². The second-order valence-corrected chi connectivity index (χ2v) is 4.69. The number of hydrogen-bond acceptors (Lipinski definition) is 3. The van der Waals surface area contributed by atoms with E-state index >= 15 is 0 Å². The van der Waals surface area contributed by atoms with Gasteiger partial charge in [-0.25, -0.2) is 0 Å². The van der Waals surface area contributed by atoms with Crippen LogP contribution in [0.3, 0.4) is 0 Å². The SMILES string of the molecule is COc1ccc(Cl)cc1C(=O)NCCCN(C)C. The maximum absolute atomic E-state index is 12.0. The quantitative estimate of drug-likeness (QED) is 0.805. The van der Waals surface area contributed by atoms with Gasteiger partial charge in [-0.2, -0.15) is 0 Å². The van der Waals surface area contributed by atoms with Crippen molar-refractivity contribution >= 4 is 17.5 Å². The Kier molecular flexibility index (Phi) is 5.95. The molecule has 0 fully saturated rings. The number of nitrogens with one attached hydrogen (secondary N) is 1. The number of carbonyl (C=O) groups excluding carboxylic acids is 1. The first-order valence-electron chi connectivity index (χ1n) is 5.81. The molecule has 0 saturated heterocycles. The van der Waals surface area contributed by atoms with E-state index in [1.54, 1.807) is 18.2 Å². The Labute approximate surface area is 113 Å². The maximum Gasteiger partial charge on any atom is 0.255 e. The van der Waals surface area contributed by atoms with Crippen LogP contribution in [0.2, 0.25) is 5.02 Å². The minimum Gasteiger partial charge on any atom is -0.496 e. The summed E-state index contributed by atoms with van der Waals surface area (Å²) in [6, 6.07) is 5.00. The van der Waals surface area contributed by atoms with E-state index in [4.69, 9.17) is 16.3 Å². The second-order valence-electron chi connectivity index (χ2n) is 4.26. The van der Waals surface area contributed by atoms with Crippen LogP contribution in [0.15, 0.2) is 18.2 Å². The van der Waals surface area contributed by atoms with E-state index in [1.807, 2.05) is 14.1 Å². The second kappa shape index (κ2) is 7.24. The Bertz CT molecular complexity index is 408. The van der Waals surface area contributed by atoms with Crippen LogP contribution in [-0.4, -0.2) is 45.1 Å². The highest BCUT2D eigenvalue weighted by molar-refractivity contribution is 6.31. The summed E-state index contributed by atoms with van der Waals surface area (Å²) in [5.41, 5.74) is 0.467. The summed E-state index contributed by atoms with van der Waals surface area (Å²) in [5, 5.41) is 3.37. The first-order valence-corrected chi connectivity index (χ1v) is 6.19. The molecule has 0 radical (unpaired) electrons. The molecular formula is C13H19ClN2O2. The average molecular weight is 271 g/mol. The van der Waals surface area contributed by atoms with Crippen molar-refractivity contribution in [2.75, 3.05) is 34.3 Å². The zero-order valence-electron chi connectivity index (χ0n) is 11.0. The van der Waals surface area contributed by atoms with Gasteiger partial charge < -0.3 is 15.0 Å². The predicted octanol–water partition coefficient (Wildman–Crippen LogP) is 2.03. The summed E-state index contributed by atoms with van der Waals surface area (Å²) in [7, 11) is 5.54. The van der Waals surface area contributed by atoms with Crippen LogP contribution in [0.25, 0.3) is 0 Å². The molecule has 1 N–H and O–H groups in total. The normalized spacial score (nSPS) is 10.5. The number of carbonyl (C=O) groups is 1. The highest BCUT2D eigenvalue weighted by Gasteiger charge is 2.12. The maximum atomic E-state index is 12.0. The standard InChI is InChI=1S/C13H19ClN2O2/c1-16(2)8-4-7-15-13(17)11-9-10(14)5-6-12(11)18-3/h5-6,9H,4,7-8H2,1-3H3,(H,15,17). The molecule has 1 amide bonds. The molecule has 1 aromatic rings. The van der Waals surface area contributed by atoms with Crippen LogP contribution < -0.4 is 10.1 Å². The summed E-state index contributed by atoms with van der Waals surface area (Å²) < 4.78 is 5.14. The molecule has 100 valence electrons. The lowest BCUT2D eigenvalue weighted by molar-refractivity contribution is 0.0949. The van der Waals surface area contributed by atoms with E-state index in [-0.39, 0.29) is 5.91 Å². The van der Waals surface area contributed by atoms with Crippen LogP contribution in [0.5, 0.6) is 5.75 Å². The predicted molar refractivity (Wildman–Crippen MR) is 73.5 cm³/mol. The van der Waals surface area contributed by atoms with Gasteiger partial charge in [-0.1, -0.05) is 11.6 Å². The first kappa shape index (κ1) is 14.8. The number of benzene rings is 1. The van der Waals surface area contributed by atoms with Crippen molar-refractivity contribution in [1.82, 2.24) is 10.2 Å². The van der Waals surface area contributed by atoms with Crippen LogP contribution in [0.1, 0.15) is 16.8 Å². The zero-order valence-corrected chi connectivity index (χ0v) is 11.8. The molecule has 0 aliphatic rings. The van der Waals surface area contributed by atoms with Crippen molar-refractivity contribution in [2.24, 2.45) is 0 Å². The zero-order chi connectivity index (χ0) is 13.5. The van der Waals surface area contributed by atoms with Crippen LogP contribution in [-0.2, 0) is 0 Å². The number of ether oxygens (including phenoxy) is 1. The van der Waals surface area contributed by atoms with E-state index in [2.05, 4.69) is 10.2 Å². The summed E-state index contributed by atoms with van der Waals surface area (Å²) in [6.07, 6.45) is 0.904. The number of rotatable bonds is 6. The van der Waals surface area contributed by atoms with Gasteiger partial charge >= 0.3 is 0 Å². The lowest BCUT2D eigenvalue weighted by Crippen LogP contribution is -2.27. The summed E-state index contributed by atoms with van der Waals surface area (Å²) in [4.78, 5) is 14.0. The molecular weight excluding hydrogens is 252 g/mol. The van der Waals surface area contributed by atoms with Gasteiger partial charge in [-0.05, 0) is 45.3 Å². The molecule has 1 aromatic carbocycles. The number of methoxy groups -OCH3 is 1. The van der Waals surface area contributed by atoms with E-state index in [0.717, 1.165) is 13.0 Å². The summed E-state index contributed by atoms with van der Waals surface area (Å²) in [5.74, 6) is 0.373. The summed E-state index contributed by atoms with van der Waals surface area (Å²) in [6.45, 7) is 1.57. The Balaban J connectivity index is 2.58. The van der Waals surface area contributed by atoms with E-state index in [9.17, 15) is 4.79 Å². The monoisotopic (exact) mass is 270 g/mol. The smallest absolute Gasteiger partial charge is 0.255 e. The summed E-state index contributed by atoms with van der Waals surface area (Å²) >= 11 is 5.88. The number of halogens is 1. The Hall–Kier alpha value is -1.26.